The number of rotatable bonds is 9. The quantitative estimate of drug-likeness (QED) is 0.243. The third kappa shape index (κ3) is 7.46. The van der Waals surface area contributed by atoms with Gasteiger partial charge < -0.3 is 4.74 Å². The summed E-state index contributed by atoms with van der Waals surface area (Å²) in [5.74, 6) is 6.36. The van der Waals surface area contributed by atoms with E-state index in [2.05, 4.69) is 30.9 Å². The van der Waals surface area contributed by atoms with Gasteiger partial charge in [-0.2, -0.15) is 0 Å². The van der Waals surface area contributed by atoms with Crippen LogP contribution >= 0.6 is 11.6 Å². The molecule has 0 amide bonds. The van der Waals surface area contributed by atoms with E-state index in [1.165, 1.54) is 38.2 Å². The van der Waals surface area contributed by atoms with Gasteiger partial charge in [0.15, 0.2) is 0 Å². The normalized spacial score (nSPS) is 10.4. The lowest BCUT2D eigenvalue weighted by Gasteiger charge is -2.08. The first kappa shape index (κ1) is 22.9. The minimum atomic E-state index is -0.407. The van der Waals surface area contributed by atoms with Crippen molar-refractivity contribution in [1.82, 2.24) is 0 Å². The Balaban J connectivity index is 1.52. The van der Waals surface area contributed by atoms with Crippen molar-refractivity contribution >= 4 is 11.6 Å². The Kier molecular flexibility index (Phi) is 9.00. The molecule has 0 atom stereocenters. The summed E-state index contributed by atoms with van der Waals surface area (Å²) in [6, 6.07) is 20.6. The fourth-order valence-electron chi connectivity index (χ4n) is 3.29. The first-order valence-electron chi connectivity index (χ1n) is 11.0. The monoisotopic (exact) mass is 434 g/mol. The second kappa shape index (κ2) is 12.2. The molecule has 3 aromatic carbocycles. The smallest absolute Gasteiger partial charge is 0.140 e. The molecule has 3 aromatic rings. The minimum Gasteiger partial charge on any atom is -0.494 e. The average Bonchev–Trinajstić information content (AvgIpc) is 2.79. The van der Waals surface area contributed by atoms with Crippen molar-refractivity contribution in [3.05, 3.63) is 88.7 Å². The highest BCUT2D eigenvalue weighted by atomic mass is 35.5. The fourth-order valence-corrected chi connectivity index (χ4v) is 3.45. The highest BCUT2D eigenvalue weighted by Crippen LogP contribution is 2.23. The maximum atomic E-state index is 13.8. The van der Waals surface area contributed by atoms with Gasteiger partial charge in [-0.15, -0.1) is 0 Å². The number of unbranched alkanes of at least 4 members (excludes halogenated alkanes) is 5. The molecule has 160 valence electrons. The Morgan fingerprint density at radius 1 is 0.774 bits per heavy atom. The zero-order chi connectivity index (χ0) is 21.9. The highest BCUT2D eigenvalue weighted by molar-refractivity contribution is 6.30. The highest BCUT2D eigenvalue weighted by Gasteiger charge is 2.01. The van der Waals surface area contributed by atoms with E-state index in [0.717, 1.165) is 35.5 Å². The summed E-state index contributed by atoms with van der Waals surface area (Å²) in [5, 5.41) is 0.367. The van der Waals surface area contributed by atoms with Crippen LogP contribution in [0.15, 0.2) is 66.7 Å². The molecule has 1 nitrogen and oxygen atoms in total. The molecule has 0 spiro atoms. The predicted molar refractivity (Wildman–Crippen MR) is 128 cm³/mol. The van der Waals surface area contributed by atoms with Gasteiger partial charge in [0.1, 0.15) is 11.6 Å². The lowest BCUT2D eigenvalue weighted by molar-refractivity contribution is 0.304. The zero-order valence-corrected chi connectivity index (χ0v) is 18.7. The first-order chi connectivity index (χ1) is 15.2. The largest absolute Gasteiger partial charge is 0.494 e. The van der Waals surface area contributed by atoms with Gasteiger partial charge >= 0.3 is 0 Å². The molecule has 0 bridgehead atoms. The van der Waals surface area contributed by atoms with Crippen LogP contribution in [0, 0.1) is 17.7 Å². The third-order valence-electron chi connectivity index (χ3n) is 5.11. The van der Waals surface area contributed by atoms with Crippen LogP contribution in [-0.4, -0.2) is 6.61 Å². The van der Waals surface area contributed by atoms with Crippen LogP contribution in [-0.2, 0) is 0 Å². The summed E-state index contributed by atoms with van der Waals surface area (Å²) >= 11 is 5.78. The number of hydrogen-bond donors (Lipinski definition) is 0. The van der Waals surface area contributed by atoms with Crippen LogP contribution < -0.4 is 4.74 Å². The molecular formula is C28H28ClFO. The van der Waals surface area contributed by atoms with E-state index in [-0.39, 0.29) is 0 Å². The molecule has 3 rings (SSSR count). The van der Waals surface area contributed by atoms with E-state index >= 15 is 0 Å². The van der Waals surface area contributed by atoms with Crippen LogP contribution in [0.4, 0.5) is 4.39 Å². The van der Waals surface area contributed by atoms with Gasteiger partial charge in [-0.05, 0) is 60.0 Å². The standard InChI is InChI=1S/C28H28ClFO/c1-2-3-4-5-6-7-20-31-27-18-15-24(16-19-27)23-11-8-22(9-12-23)10-13-25-14-17-26(29)21-28(25)30/h8-9,11-12,14-19,21H,2-7,20H2,1H3. The SMILES string of the molecule is CCCCCCCCOc1ccc(-c2ccc(C#Cc3ccc(Cl)cc3F)cc2)cc1. The lowest BCUT2D eigenvalue weighted by atomic mass is 10.0. The predicted octanol–water partition coefficient (Wildman–Crippen LogP) is 8.29. The molecule has 0 aromatic heterocycles. The van der Waals surface area contributed by atoms with Crippen LogP contribution in [0.2, 0.25) is 5.02 Å². The number of halogens is 2. The van der Waals surface area contributed by atoms with E-state index in [4.69, 9.17) is 16.3 Å². The summed E-state index contributed by atoms with van der Waals surface area (Å²) in [5.41, 5.74) is 3.39. The van der Waals surface area contributed by atoms with E-state index in [1.807, 2.05) is 36.4 Å². The Labute approximate surface area is 190 Å². The van der Waals surface area contributed by atoms with Gasteiger partial charge in [0.25, 0.3) is 0 Å². The van der Waals surface area contributed by atoms with Crippen molar-refractivity contribution in [2.75, 3.05) is 6.61 Å². The fraction of sp³-hybridized carbons (Fsp3) is 0.286. The summed E-state index contributed by atoms with van der Waals surface area (Å²) in [7, 11) is 0. The summed E-state index contributed by atoms with van der Waals surface area (Å²) in [6.07, 6.45) is 7.57. The maximum absolute atomic E-state index is 13.8. The van der Waals surface area contributed by atoms with Gasteiger partial charge in [0, 0.05) is 10.6 Å². The summed E-state index contributed by atoms with van der Waals surface area (Å²) in [6.45, 7) is 3.01. The van der Waals surface area contributed by atoms with Gasteiger partial charge in [-0.25, -0.2) is 4.39 Å². The Morgan fingerprint density at radius 2 is 1.42 bits per heavy atom. The number of ether oxygens (including phenoxy) is 1. The molecule has 0 aliphatic heterocycles. The van der Waals surface area contributed by atoms with Crippen LogP contribution in [0.1, 0.15) is 56.6 Å². The Hall–Kier alpha value is -2.76. The third-order valence-corrected chi connectivity index (χ3v) is 5.35. The Bertz CT molecular complexity index is 1010. The van der Waals surface area contributed by atoms with Crippen molar-refractivity contribution < 1.29 is 9.13 Å². The van der Waals surface area contributed by atoms with Crippen LogP contribution in [0.5, 0.6) is 5.75 Å². The van der Waals surface area contributed by atoms with Gasteiger partial charge in [-0.3, -0.25) is 0 Å². The van der Waals surface area contributed by atoms with Crippen molar-refractivity contribution in [3.63, 3.8) is 0 Å². The summed E-state index contributed by atoms with van der Waals surface area (Å²) < 4.78 is 19.7. The molecule has 0 saturated carbocycles. The first-order valence-corrected chi connectivity index (χ1v) is 11.3. The lowest BCUT2D eigenvalue weighted by Crippen LogP contribution is -1.97. The molecule has 0 aliphatic rings. The second-order valence-corrected chi connectivity index (χ2v) is 8.03. The van der Waals surface area contributed by atoms with E-state index in [1.54, 1.807) is 12.1 Å². The Morgan fingerprint density at radius 3 is 2.10 bits per heavy atom. The van der Waals surface area contributed by atoms with Gasteiger partial charge in [-0.1, -0.05) is 86.7 Å². The molecule has 0 radical (unpaired) electrons. The number of hydrogen-bond acceptors (Lipinski definition) is 1. The van der Waals surface area contributed by atoms with Crippen LogP contribution in [0.25, 0.3) is 11.1 Å². The molecule has 0 heterocycles. The van der Waals surface area contributed by atoms with Crippen molar-refractivity contribution in [2.45, 2.75) is 45.4 Å². The van der Waals surface area contributed by atoms with Crippen molar-refractivity contribution in [1.29, 1.82) is 0 Å². The van der Waals surface area contributed by atoms with Gasteiger partial charge in [0.05, 0.1) is 12.2 Å². The van der Waals surface area contributed by atoms with Gasteiger partial charge in [0.2, 0.25) is 0 Å². The van der Waals surface area contributed by atoms with Crippen molar-refractivity contribution in [2.24, 2.45) is 0 Å². The van der Waals surface area contributed by atoms with Crippen molar-refractivity contribution in [3.8, 4) is 28.7 Å². The molecule has 0 unspecified atom stereocenters. The molecule has 0 fully saturated rings. The molecule has 31 heavy (non-hydrogen) atoms. The molecule has 0 aliphatic carbocycles. The van der Waals surface area contributed by atoms with E-state index < -0.39 is 5.82 Å². The topological polar surface area (TPSA) is 9.23 Å². The average molecular weight is 435 g/mol. The maximum Gasteiger partial charge on any atom is 0.140 e. The molecule has 3 heteroatoms. The number of benzene rings is 3. The van der Waals surface area contributed by atoms with Crippen LogP contribution in [0.3, 0.4) is 0 Å². The molecular weight excluding hydrogens is 407 g/mol. The van der Waals surface area contributed by atoms with E-state index in [9.17, 15) is 4.39 Å². The molecule has 0 N–H and O–H groups in total. The minimum absolute atomic E-state index is 0.338. The molecule has 0 saturated heterocycles. The second-order valence-electron chi connectivity index (χ2n) is 7.59. The summed E-state index contributed by atoms with van der Waals surface area (Å²) in [4.78, 5) is 0. The van der Waals surface area contributed by atoms with E-state index in [0.29, 0.717) is 10.6 Å². The zero-order valence-electron chi connectivity index (χ0n) is 18.0.